The maximum atomic E-state index is 13.3. The second-order valence-corrected chi connectivity index (χ2v) is 4.30. The Hall–Kier alpha value is -1.22. The summed E-state index contributed by atoms with van der Waals surface area (Å²) in [5, 5.41) is 2.55. The molecule has 0 aliphatic rings. The maximum Gasteiger partial charge on any atom is 0.257 e. The molecule has 0 heterocycles. The molecule has 0 aliphatic heterocycles. The van der Waals surface area contributed by atoms with Crippen LogP contribution in [-0.2, 0) is 4.74 Å². The predicted octanol–water partition coefficient (Wildman–Crippen LogP) is 2.52. The van der Waals surface area contributed by atoms with Crippen LogP contribution in [0.15, 0.2) is 0 Å². The zero-order chi connectivity index (χ0) is 15.3. The SMILES string of the molecule is O=C(NCCOCCBr)c1c(F)c(F)c(F)c(F)c1F. The molecule has 20 heavy (non-hydrogen) atoms. The van der Waals surface area contributed by atoms with Crippen molar-refractivity contribution < 1.29 is 31.5 Å². The van der Waals surface area contributed by atoms with Crippen LogP contribution in [0, 0.1) is 29.1 Å². The van der Waals surface area contributed by atoms with Crippen molar-refractivity contribution in [2.45, 2.75) is 0 Å². The highest BCUT2D eigenvalue weighted by Crippen LogP contribution is 2.22. The first kappa shape index (κ1) is 16.8. The Balaban J connectivity index is 2.83. The number of carbonyl (C=O) groups is 1. The van der Waals surface area contributed by atoms with Crippen LogP contribution in [0.3, 0.4) is 0 Å². The van der Waals surface area contributed by atoms with Crippen molar-refractivity contribution >= 4 is 21.8 Å². The summed E-state index contributed by atoms with van der Waals surface area (Å²) in [4.78, 5) is 11.4. The lowest BCUT2D eigenvalue weighted by Crippen LogP contribution is -2.30. The van der Waals surface area contributed by atoms with Gasteiger partial charge in [-0.1, -0.05) is 15.9 Å². The maximum absolute atomic E-state index is 13.3. The minimum absolute atomic E-state index is 0.0345. The standard InChI is InChI=1S/C11H9BrF5NO2/c12-1-3-20-4-2-18-11(19)5-6(13)8(15)10(17)9(16)7(5)14/h1-4H2,(H,18,19). The highest BCUT2D eigenvalue weighted by molar-refractivity contribution is 9.09. The van der Waals surface area contributed by atoms with E-state index < -0.39 is 40.6 Å². The molecule has 0 radical (unpaired) electrons. The van der Waals surface area contributed by atoms with Gasteiger partial charge in [-0.25, -0.2) is 22.0 Å². The average molecular weight is 362 g/mol. The van der Waals surface area contributed by atoms with E-state index in [1.807, 2.05) is 5.32 Å². The highest BCUT2D eigenvalue weighted by atomic mass is 79.9. The van der Waals surface area contributed by atoms with E-state index in [2.05, 4.69) is 15.9 Å². The summed E-state index contributed by atoms with van der Waals surface area (Å²) in [5.41, 5.74) is -1.51. The third kappa shape index (κ3) is 3.66. The molecule has 1 aromatic rings. The fraction of sp³-hybridized carbons (Fsp3) is 0.364. The minimum atomic E-state index is -2.31. The predicted molar refractivity (Wildman–Crippen MR) is 63.2 cm³/mol. The van der Waals surface area contributed by atoms with Gasteiger partial charge in [-0.2, -0.15) is 0 Å². The average Bonchev–Trinajstić information content (AvgIpc) is 2.43. The Morgan fingerprint density at radius 2 is 1.45 bits per heavy atom. The van der Waals surface area contributed by atoms with Gasteiger partial charge in [0, 0.05) is 11.9 Å². The van der Waals surface area contributed by atoms with Crippen LogP contribution in [0.25, 0.3) is 0 Å². The molecule has 0 unspecified atom stereocenters. The van der Waals surface area contributed by atoms with Crippen molar-refractivity contribution in [2.24, 2.45) is 0 Å². The number of hydrogen-bond donors (Lipinski definition) is 1. The molecule has 1 amide bonds. The molecule has 0 spiro atoms. The Morgan fingerprint density at radius 1 is 0.950 bits per heavy atom. The van der Waals surface area contributed by atoms with Crippen LogP contribution in [0.2, 0.25) is 0 Å². The molecule has 112 valence electrons. The van der Waals surface area contributed by atoms with Crippen LogP contribution in [-0.4, -0.2) is 31.0 Å². The van der Waals surface area contributed by atoms with E-state index in [4.69, 9.17) is 4.74 Å². The zero-order valence-corrected chi connectivity index (χ0v) is 11.5. The van der Waals surface area contributed by atoms with Crippen LogP contribution < -0.4 is 5.32 Å². The Morgan fingerprint density at radius 3 is 1.95 bits per heavy atom. The van der Waals surface area contributed by atoms with E-state index in [0.29, 0.717) is 11.9 Å². The van der Waals surface area contributed by atoms with Crippen molar-refractivity contribution in [3.63, 3.8) is 0 Å². The molecule has 0 atom stereocenters. The summed E-state index contributed by atoms with van der Waals surface area (Å²) in [6.07, 6.45) is 0. The molecule has 0 bridgehead atoms. The number of carbonyl (C=O) groups excluding carboxylic acids is 1. The molecule has 1 aromatic carbocycles. The van der Waals surface area contributed by atoms with Crippen LogP contribution in [0.5, 0.6) is 0 Å². The number of nitrogens with one attached hydrogen (secondary N) is 1. The van der Waals surface area contributed by atoms with Crippen LogP contribution >= 0.6 is 15.9 Å². The molecule has 0 saturated heterocycles. The van der Waals surface area contributed by atoms with Gasteiger partial charge >= 0.3 is 0 Å². The third-order valence-electron chi connectivity index (χ3n) is 2.19. The zero-order valence-electron chi connectivity index (χ0n) is 9.91. The number of ether oxygens (including phenoxy) is 1. The monoisotopic (exact) mass is 361 g/mol. The van der Waals surface area contributed by atoms with Gasteiger partial charge in [0.25, 0.3) is 5.91 Å². The Labute approximate surface area is 119 Å². The fourth-order valence-corrected chi connectivity index (χ4v) is 1.51. The summed E-state index contributed by atoms with van der Waals surface area (Å²) in [7, 11) is 0. The second kappa shape index (κ2) is 7.53. The number of benzene rings is 1. The fourth-order valence-electron chi connectivity index (χ4n) is 1.29. The van der Waals surface area contributed by atoms with Gasteiger partial charge in [-0.05, 0) is 0 Å². The Bertz CT molecular complexity index is 483. The van der Waals surface area contributed by atoms with E-state index >= 15 is 0 Å². The summed E-state index contributed by atoms with van der Waals surface area (Å²) in [5.74, 6) is -12.4. The van der Waals surface area contributed by atoms with Gasteiger partial charge in [0.2, 0.25) is 5.82 Å². The quantitative estimate of drug-likeness (QED) is 0.278. The van der Waals surface area contributed by atoms with Crippen molar-refractivity contribution in [3.05, 3.63) is 34.6 Å². The molecular weight excluding hydrogens is 353 g/mol. The number of amides is 1. The number of rotatable bonds is 6. The van der Waals surface area contributed by atoms with Gasteiger partial charge in [0.05, 0.1) is 13.2 Å². The molecular formula is C11H9BrF5NO2. The van der Waals surface area contributed by atoms with E-state index in [9.17, 15) is 26.7 Å². The first-order chi connectivity index (χ1) is 9.41. The summed E-state index contributed by atoms with van der Waals surface area (Å²) in [6, 6.07) is 0. The number of alkyl halides is 1. The van der Waals surface area contributed by atoms with E-state index in [1.165, 1.54) is 0 Å². The smallest absolute Gasteiger partial charge is 0.257 e. The first-order valence-corrected chi connectivity index (χ1v) is 6.47. The van der Waals surface area contributed by atoms with Gasteiger partial charge < -0.3 is 10.1 Å². The van der Waals surface area contributed by atoms with Gasteiger partial charge in [0.15, 0.2) is 23.3 Å². The lowest BCUT2D eigenvalue weighted by atomic mass is 10.1. The van der Waals surface area contributed by atoms with Gasteiger partial charge in [0.1, 0.15) is 5.56 Å². The largest absolute Gasteiger partial charge is 0.379 e. The van der Waals surface area contributed by atoms with Crippen molar-refractivity contribution in [3.8, 4) is 0 Å². The highest BCUT2D eigenvalue weighted by Gasteiger charge is 2.29. The summed E-state index contributed by atoms with van der Waals surface area (Å²) < 4.78 is 70.0. The molecule has 9 heteroatoms. The molecule has 0 aromatic heterocycles. The topological polar surface area (TPSA) is 38.3 Å². The summed E-state index contributed by atoms with van der Waals surface area (Å²) in [6.45, 7) is 0.246. The normalized spacial score (nSPS) is 10.7. The van der Waals surface area contributed by atoms with Crippen molar-refractivity contribution in [2.75, 3.05) is 25.1 Å². The summed E-state index contributed by atoms with van der Waals surface area (Å²) >= 11 is 3.08. The van der Waals surface area contributed by atoms with Crippen molar-refractivity contribution in [1.29, 1.82) is 0 Å². The molecule has 0 saturated carbocycles. The van der Waals surface area contributed by atoms with E-state index in [-0.39, 0.29) is 13.2 Å². The third-order valence-corrected chi connectivity index (χ3v) is 2.51. The lowest BCUT2D eigenvalue weighted by Gasteiger charge is -2.09. The van der Waals surface area contributed by atoms with Crippen molar-refractivity contribution in [1.82, 2.24) is 5.32 Å². The Kier molecular flexibility index (Phi) is 6.34. The number of halogens is 6. The van der Waals surface area contributed by atoms with E-state index in [0.717, 1.165) is 0 Å². The molecule has 0 aliphatic carbocycles. The molecule has 1 N–H and O–H groups in total. The minimum Gasteiger partial charge on any atom is -0.379 e. The second-order valence-electron chi connectivity index (χ2n) is 3.50. The molecule has 3 nitrogen and oxygen atoms in total. The molecule has 0 fully saturated rings. The first-order valence-electron chi connectivity index (χ1n) is 5.35. The molecule has 1 rings (SSSR count). The van der Waals surface area contributed by atoms with Crippen LogP contribution in [0.4, 0.5) is 22.0 Å². The lowest BCUT2D eigenvalue weighted by molar-refractivity contribution is 0.0912. The van der Waals surface area contributed by atoms with Gasteiger partial charge in [-0.3, -0.25) is 4.79 Å². The van der Waals surface area contributed by atoms with Crippen LogP contribution in [0.1, 0.15) is 10.4 Å². The van der Waals surface area contributed by atoms with E-state index in [1.54, 1.807) is 0 Å². The number of hydrogen-bond acceptors (Lipinski definition) is 2. The van der Waals surface area contributed by atoms with Gasteiger partial charge in [-0.15, -0.1) is 0 Å².